The Hall–Kier alpha value is -1.55. The Morgan fingerprint density at radius 1 is 1.52 bits per heavy atom. The number of guanidine groups is 1. The molecule has 3 N–H and O–H groups in total. The lowest BCUT2D eigenvalue weighted by atomic mass is 10.3. The van der Waals surface area contributed by atoms with Gasteiger partial charge in [-0.15, -0.1) is 29.1 Å². The van der Waals surface area contributed by atoms with E-state index in [0.29, 0.717) is 17.3 Å². The molecule has 0 radical (unpaired) electrons. The van der Waals surface area contributed by atoms with Gasteiger partial charge in [0.1, 0.15) is 5.75 Å². The molecule has 2 aromatic rings. The van der Waals surface area contributed by atoms with E-state index in [1.807, 2.05) is 0 Å². The van der Waals surface area contributed by atoms with Gasteiger partial charge in [0.2, 0.25) is 0 Å². The third-order valence-electron chi connectivity index (χ3n) is 2.64. The molecule has 21 heavy (non-hydrogen) atoms. The summed E-state index contributed by atoms with van der Waals surface area (Å²) in [5, 5.41) is 11.0. The van der Waals surface area contributed by atoms with Crippen LogP contribution in [0.2, 0.25) is 5.02 Å². The minimum atomic E-state index is 0. The number of methoxy groups -OCH3 is 1. The molecular weight excluding hydrogens is 407 g/mol. The highest BCUT2D eigenvalue weighted by molar-refractivity contribution is 14.0. The zero-order valence-electron chi connectivity index (χ0n) is 11.6. The molecule has 0 unspecified atom stereocenters. The molecule has 1 aromatic heterocycles. The average molecular weight is 423 g/mol. The van der Waals surface area contributed by atoms with Crippen LogP contribution in [0.25, 0.3) is 0 Å². The van der Waals surface area contributed by atoms with Gasteiger partial charge in [-0.05, 0) is 18.2 Å². The van der Waals surface area contributed by atoms with Crippen LogP contribution in [0.15, 0.2) is 29.4 Å². The van der Waals surface area contributed by atoms with Crippen molar-refractivity contribution in [1.29, 1.82) is 0 Å². The number of nitrogens with zero attached hydrogens (tertiary/aromatic N) is 4. The number of nitrogens with two attached hydrogens (primary N) is 1. The van der Waals surface area contributed by atoms with Crippen LogP contribution in [0.3, 0.4) is 0 Å². The van der Waals surface area contributed by atoms with Crippen LogP contribution in [-0.2, 0) is 13.6 Å². The molecule has 9 heteroatoms. The molecule has 7 nitrogen and oxygen atoms in total. The maximum Gasteiger partial charge on any atom is 0.193 e. The second-order valence-corrected chi connectivity index (χ2v) is 4.43. The molecule has 0 fully saturated rings. The summed E-state index contributed by atoms with van der Waals surface area (Å²) < 4.78 is 6.72. The second kappa shape index (κ2) is 8.03. The van der Waals surface area contributed by atoms with Gasteiger partial charge in [-0.2, -0.15) is 0 Å². The van der Waals surface area contributed by atoms with Crippen molar-refractivity contribution in [3.8, 4) is 5.75 Å². The SMILES string of the molecule is COc1ccc(NC(N)=NCc2cnnn2C)cc1Cl.I. The van der Waals surface area contributed by atoms with E-state index in [4.69, 9.17) is 22.1 Å². The van der Waals surface area contributed by atoms with E-state index in [2.05, 4.69) is 20.6 Å². The Kier molecular flexibility index (Phi) is 6.69. The second-order valence-electron chi connectivity index (χ2n) is 4.02. The highest BCUT2D eigenvalue weighted by Gasteiger charge is 2.03. The molecule has 0 aliphatic heterocycles. The van der Waals surface area contributed by atoms with Gasteiger partial charge in [0.25, 0.3) is 0 Å². The molecule has 0 atom stereocenters. The number of aliphatic imine (C=N–C) groups is 1. The fourth-order valence-corrected chi connectivity index (χ4v) is 1.81. The number of hydrogen-bond donors (Lipinski definition) is 2. The number of halogens is 2. The third-order valence-corrected chi connectivity index (χ3v) is 2.94. The molecule has 0 saturated carbocycles. The van der Waals surface area contributed by atoms with Crippen molar-refractivity contribution in [2.75, 3.05) is 12.4 Å². The Morgan fingerprint density at radius 3 is 2.86 bits per heavy atom. The Bertz CT molecular complexity index is 630. The fourth-order valence-electron chi connectivity index (χ4n) is 1.55. The number of nitrogens with one attached hydrogen (secondary N) is 1. The minimum absolute atomic E-state index is 0. The van der Waals surface area contributed by atoms with Gasteiger partial charge in [-0.3, -0.25) is 4.68 Å². The van der Waals surface area contributed by atoms with Crippen LogP contribution in [0.1, 0.15) is 5.69 Å². The minimum Gasteiger partial charge on any atom is -0.495 e. The van der Waals surface area contributed by atoms with Crippen molar-refractivity contribution in [2.45, 2.75) is 6.54 Å². The third kappa shape index (κ3) is 4.74. The van der Waals surface area contributed by atoms with Crippen molar-refractivity contribution >= 4 is 47.2 Å². The quantitative estimate of drug-likeness (QED) is 0.447. The standard InChI is InChI=1S/C12H15ClN6O.HI/c1-19-9(7-16-18-19)6-15-12(14)17-8-3-4-11(20-2)10(13)5-8;/h3-5,7H,6H2,1-2H3,(H3,14,15,17);1H. The molecule has 0 spiro atoms. The number of benzene rings is 1. The van der Waals surface area contributed by atoms with Crippen LogP contribution in [0.4, 0.5) is 5.69 Å². The van der Waals surface area contributed by atoms with E-state index < -0.39 is 0 Å². The highest BCUT2D eigenvalue weighted by Crippen LogP contribution is 2.26. The molecule has 1 heterocycles. The summed E-state index contributed by atoms with van der Waals surface area (Å²) in [4.78, 5) is 4.20. The zero-order chi connectivity index (χ0) is 14.5. The summed E-state index contributed by atoms with van der Waals surface area (Å²) in [5.74, 6) is 0.890. The molecule has 0 amide bonds. The van der Waals surface area contributed by atoms with E-state index in [1.54, 1.807) is 43.2 Å². The smallest absolute Gasteiger partial charge is 0.193 e. The molecule has 114 valence electrons. The topological polar surface area (TPSA) is 90.3 Å². The number of rotatable bonds is 4. The van der Waals surface area contributed by atoms with Crippen molar-refractivity contribution in [1.82, 2.24) is 15.0 Å². The normalized spacial score (nSPS) is 10.9. The van der Waals surface area contributed by atoms with Crippen molar-refractivity contribution in [2.24, 2.45) is 17.8 Å². The monoisotopic (exact) mass is 422 g/mol. The van der Waals surface area contributed by atoms with E-state index >= 15 is 0 Å². The lowest BCUT2D eigenvalue weighted by Gasteiger charge is -2.08. The van der Waals surface area contributed by atoms with E-state index in [9.17, 15) is 0 Å². The number of ether oxygens (including phenoxy) is 1. The lowest BCUT2D eigenvalue weighted by molar-refractivity contribution is 0.415. The van der Waals surface area contributed by atoms with Gasteiger partial charge >= 0.3 is 0 Å². The first kappa shape index (κ1) is 17.5. The van der Waals surface area contributed by atoms with Gasteiger partial charge < -0.3 is 15.8 Å². The number of anilines is 1. The maximum absolute atomic E-state index is 6.03. The van der Waals surface area contributed by atoms with Crippen LogP contribution < -0.4 is 15.8 Å². The lowest BCUT2D eigenvalue weighted by Crippen LogP contribution is -2.22. The largest absolute Gasteiger partial charge is 0.495 e. The van der Waals surface area contributed by atoms with Crippen molar-refractivity contribution < 1.29 is 4.74 Å². The summed E-state index contributed by atoms with van der Waals surface area (Å²) >= 11 is 6.03. The summed E-state index contributed by atoms with van der Waals surface area (Å²) in [6, 6.07) is 5.27. The van der Waals surface area contributed by atoms with Crippen LogP contribution in [0, 0.1) is 0 Å². The molecule has 2 rings (SSSR count). The summed E-state index contributed by atoms with van der Waals surface area (Å²) in [6.45, 7) is 0.395. The average Bonchev–Trinajstić information content (AvgIpc) is 2.82. The predicted octanol–water partition coefficient (Wildman–Crippen LogP) is 2.02. The number of hydrogen-bond acceptors (Lipinski definition) is 4. The molecule has 0 aliphatic carbocycles. The molecule has 0 aliphatic rings. The number of aryl methyl sites for hydroxylation is 1. The summed E-state index contributed by atoms with van der Waals surface area (Å²) in [5.41, 5.74) is 7.41. The molecule has 1 aromatic carbocycles. The summed E-state index contributed by atoms with van der Waals surface area (Å²) in [6.07, 6.45) is 1.64. The Labute approximate surface area is 144 Å². The van der Waals surface area contributed by atoms with Crippen LogP contribution in [0.5, 0.6) is 5.75 Å². The summed E-state index contributed by atoms with van der Waals surface area (Å²) in [7, 11) is 3.36. The fraction of sp³-hybridized carbons (Fsp3) is 0.250. The Balaban J connectivity index is 0.00000220. The maximum atomic E-state index is 6.03. The van der Waals surface area contributed by atoms with Gasteiger partial charge in [-0.1, -0.05) is 16.8 Å². The van der Waals surface area contributed by atoms with Gasteiger partial charge in [0.15, 0.2) is 5.96 Å². The van der Waals surface area contributed by atoms with Gasteiger partial charge in [0, 0.05) is 12.7 Å². The zero-order valence-corrected chi connectivity index (χ0v) is 14.7. The van der Waals surface area contributed by atoms with E-state index in [-0.39, 0.29) is 29.9 Å². The predicted molar refractivity (Wildman–Crippen MR) is 93.4 cm³/mol. The van der Waals surface area contributed by atoms with E-state index in [1.165, 1.54) is 0 Å². The molecule has 0 bridgehead atoms. The van der Waals surface area contributed by atoms with Crippen molar-refractivity contribution in [3.05, 3.63) is 35.1 Å². The van der Waals surface area contributed by atoms with E-state index in [0.717, 1.165) is 11.4 Å². The van der Waals surface area contributed by atoms with Gasteiger partial charge in [0.05, 0.1) is 30.6 Å². The van der Waals surface area contributed by atoms with Crippen molar-refractivity contribution in [3.63, 3.8) is 0 Å². The first-order valence-corrected chi connectivity index (χ1v) is 6.22. The number of aromatic nitrogens is 3. The van der Waals surface area contributed by atoms with Gasteiger partial charge in [-0.25, -0.2) is 4.99 Å². The molecule has 0 saturated heterocycles. The van der Waals surface area contributed by atoms with Crippen LogP contribution >= 0.6 is 35.6 Å². The first-order valence-electron chi connectivity index (χ1n) is 5.84. The molecular formula is C12H16ClIN6O. The first-order chi connectivity index (χ1) is 9.60. The Morgan fingerprint density at radius 2 is 2.29 bits per heavy atom. The van der Waals surface area contributed by atoms with Crippen LogP contribution in [-0.4, -0.2) is 28.1 Å². The highest BCUT2D eigenvalue weighted by atomic mass is 127.